The Labute approximate surface area is 159 Å². The average molecular weight is 439 g/mol. The molecule has 26 heavy (non-hydrogen) atoms. The van der Waals surface area contributed by atoms with Gasteiger partial charge in [0.15, 0.2) is 0 Å². The van der Waals surface area contributed by atoms with E-state index in [2.05, 4.69) is 26.0 Å². The third kappa shape index (κ3) is 3.55. The molecule has 1 aromatic heterocycles. The summed E-state index contributed by atoms with van der Waals surface area (Å²) < 4.78 is 42.1. The van der Waals surface area contributed by atoms with Crippen LogP contribution >= 0.6 is 15.9 Å². The lowest BCUT2D eigenvalue weighted by Crippen LogP contribution is -2.30. The first-order valence-corrected chi connectivity index (χ1v) is 9.92. The van der Waals surface area contributed by atoms with Crippen molar-refractivity contribution in [3.05, 3.63) is 71.0 Å². The zero-order valence-electron chi connectivity index (χ0n) is 14.0. The second-order valence-corrected chi connectivity index (χ2v) is 8.52. The normalized spacial score (nSPS) is 13.1. The van der Waals surface area contributed by atoms with Crippen LogP contribution in [0.25, 0.3) is 5.69 Å². The Hall–Kier alpha value is -2.10. The van der Waals surface area contributed by atoms with Gasteiger partial charge in [0.2, 0.25) is 10.0 Å². The zero-order valence-corrected chi connectivity index (χ0v) is 16.4. The standard InChI is InChI=1S/C17H16BrFN4O2S/c1-12(13-3-6-15(7-4-13)23-11-20-10-21-23)22(2)26(24,25)17-8-5-14(19)9-16(17)18/h3-12H,1-2H3. The predicted octanol–water partition coefficient (Wildman–Crippen LogP) is 3.55. The molecule has 9 heteroatoms. The van der Waals surface area contributed by atoms with Gasteiger partial charge in [0.05, 0.1) is 10.6 Å². The van der Waals surface area contributed by atoms with Crippen molar-refractivity contribution >= 4 is 26.0 Å². The van der Waals surface area contributed by atoms with E-state index in [0.29, 0.717) is 0 Å². The lowest BCUT2D eigenvalue weighted by atomic mass is 10.1. The summed E-state index contributed by atoms with van der Waals surface area (Å²) in [4.78, 5) is 3.92. The molecule has 3 aromatic rings. The summed E-state index contributed by atoms with van der Waals surface area (Å²) in [5, 5.41) is 4.06. The monoisotopic (exact) mass is 438 g/mol. The summed E-state index contributed by atoms with van der Waals surface area (Å²) in [6.07, 6.45) is 3.03. The van der Waals surface area contributed by atoms with E-state index in [1.54, 1.807) is 17.9 Å². The molecule has 0 aliphatic rings. The van der Waals surface area contributed by atoms with E-state index in [0.717, 1.165) is 23.4 Å². The summed E-state index contributed by atoms with van der Waals surface area (Å²) in [5.74, 6) is -0.504. The van der Waals surface area contributed by atoms with Gasteiger partial charge in [0.1, 0.15) is 18.5 Å². The summed E-state index contributed by atoms with van der Waals surface area (Å²) in [6, 6.07) is 10.5. The van der Waals surface area contributed by atoms with E-state index in [1.807, 2.05) is 24.3 Å². The fraction of sp³-hybridized carbons (Fsp3) is 0.176. The average Bonchev–Trinajstić information content (AvgIpc) is 3.15. The number of hydrogen-bond acceptors (Lipinski definition) is 4. The first-order valence-electron chi connectivity index (χ1n) is 7.69. The van der Waals surface area contributed by atoms with Crippen molar-refractivity contribution < 1.29 is 12.8 Å². The summed E-state index contributed by atoms with van der Waals surface area (Å²) in [5.41, 5.74) is 1.64. The first kappa shape index (κ1) is 18.7. The molecule has 6 nitrogen and oxygen atoms in total. The van der Waals surface area contributed by atoms with Gasteiger partial charge in [-0.3, -0.25) is 0 Å². The maximum absolute atomic E-state index is 13.3. The van der Waals surface area contributed by atoms with Gasteiger partial charge in [0.25, 0.3) is 0 Å². The fourth-order valence-corrected chi connectivity index (χ4v) is 4.86. The first-order chi connectivity index (χ1) is 12.3. The molecular weight excluding hydrogens is 423 g/mol. The van der Waals surface area contributed by atoms with Crippen molar-refractivity contribution in [3.63, 3.8) is 0 Å². The van der Waals surface area contributed by atoms with E-state index < -0.39 is 21.9 Å². The Morgan fingerprint density at radius 3 is 2.46 bits per heavy atom. The number of halogens is 2. The van der Waals surface area contributed by atoms with Crippen molar-refractivity contribution in [3.8, 4) is 5.69 Å². The maximum atomic E-state index is 13.3. The quantitative estimate of drug-likeness (QED) is 0.610. The third-order valence-electron chi connectivity index (χ3n) is 4.16. The molecule has 3 rings (SSSR count). The summed E-state index contributed by atoms with van der Waals surface area (Å²) in [7, 11) is -2.29. The SMILES string of the molecule is CC(c1ccc(-n2cncn2)cc1)N(C)S(=O)(=O)c1ccc(F)cc1Br. The highest BCUT2D eigenvalue weighted by molar-refractivity contribution is 9.10. The van der Waals surface area contributed by atoms with Crippen LogP contribution in [0.15, 0.2) is 64.5 Å². The zero-order chi connectivity index (χ0) is 18.9. The molecule has 0 saturated carbocycles. The van der Waals surface area contributed by atoms with Gasteiger partial charge in [-0.05, 0) is 58.7 Å². The Bertz CT molecular complexity index is 1010. The van der Waals surface area contributed by atoms with Crippen LogP contribution in [-0.2, 0) is 10.0 Å². The molecule has 0 N–H and O–H groups in total. The van der Waals surface area contributed by atoms with E-state index in [4.69, 9.17) is 0 Å². The molecule has 0 bridgehead atoms. The molecule has 0 amide bonds. The molecule has 2 aromatic carbocycles. The Balaban J connectivity index is 1.87. The smallest absolute Gasteiger partial charge is 0.223 e. The van der Waals surface area contributed by atoms with Crippen LogP contribution in [-0.4, -0.2) is 34.5 Å². The third-order valence-corrected chi connectivity index (χ3v) is 7.06. The van der Waals surface area contributed by atoms with Gasteiger partial charge in [-0.25, -0.2) is 22.5 Å². The number of benzene rings is 2. The van der Waals surface area contributed by atoms with E-state index in [1.165, 1.54) is 23.7 Å². The molecule has 1 atom stereocenters. The summed E-state index contributed by atoms with van der Waals surface area (Å²) in [6.45, 7) is 1.79. The van der Waals surface area contributed by atoms with Gasteiger partial charge < -0.3 is 0 Å². The highest BCUT2D eigenvalue weighted by Crippen LogP contribution is 2.30. The minimum Gasteiger partial charge on any atom is -0.223 e. The predicted molar refractivity (Wildman–Crippen MR) is 98.8 cm³/mol. The molecule has 1 unspecified atom stereocenters. The number of hydrogen-bond donors (Lipinski definition) is 0. The topological polar surface area (TPSA) is 68.1 Å². The van der Waals surface area contributed by atoms with Crippen molar-refractivity contribution in [1.29, 1.82) is 0 Å². The molecule has 0 aliphatic heterocycles. The van der Waals surface area contributed by atoms with Gasteiger partial charge >= 0.3 is 0 Å². The van der Waals surface area contributed by atoms with Crippen LogP contribution in [0.4, 0.5) is 4.39 Å². The van der Waals surface area contributed by atoms with Crippen LogP contribution in [0.1, 0.15) is 18.5 Å². The van der Waals surface area contributed by atoms with Crippen LogP contribution in [0.5, 0.6) is 0 Å². The van der Waals surface area contributed by atoms with Crippen molar-refractivity contribution in [1.82, 2.24) is 19.1 Å². The Morgan fingerprint density at radius 2 is 1.88 bits per heavy atom. The van der Waals surface area contributed by atoms with Gasteiger partial charge in [0, 0.05) is 17.6 Å². The van der Waals surface area contributed by atoms with Crippen molar-refractivity contribution in [2.75, 3.05) is 7.05 Å². The van der Waals surface area contributed by atoms with Gasteiger partial charge in [-0.1, -0.05) is 12.1 Å². The molecule has 0 radical (unpaired) electrons. The Morgan fingerprint density at radius 1 is 1.19 bits per heavy atom. The number of sulfonamides is 1. The fourth-order valence-electron chi connectivity index (χ4n) is 2.50. The molecule has 0 fully saturated rings. The Kier molecular flexibility index (Phi) is 5.22. The van der Waals surface area contributed by atoms with Gasteiger partial charge in [-0.2, -0.15) is 9.40 Å². The largest absolute Gasteiger partial charge is 0.244 e. The number of rotatable bonds is 5. The molecule has 1 heterocycles. The molecule has 0 aliphatic carbocycles. The molecule has 0 spiro atoms. The maximum Gasteiger partial charge on any atom is 0.244 e. The minimum atomic E-state index is -3.79. The second-order valence-electron chi connectivity index (χ2n) is 5.70. The van der Waals surface area contributed by atoms with Crippen LogP contribution in [0.2, 0.25) is 0 Å². The highest BCUT2D eigenvalue weighted by Gasteiger charge is 2.28. The highest BCUT2D eigenvalue weighted by atomic mass is 79.9. The minimum absolute atomic E-state index is 0.0208. The second kappa shape index (κ2) is 7.26. The van der Waals surface area contributed by atoms with Gasteiger partial charge in [-0.15, -0.1) is 0 Å². The van der Waals surface area contributed by atoms with Crippen LogP contribution in [0.3, 0.4) is 0 Å². The lowest BCUT2D eigenvalue weighted by molar-refractivity contribution is 0.398. The van der Waals surface area contributed by atoms with E-state index >= 15 is 0 Å². The van der Waals surface area contributed by atoms with E-state index in [9.17, 15) is 12.8 Å². The number of nitrogens with zero attached hydrogens (tertiary/aromatic N) is 4. The number of aromatic nitrogens is 3. The molecule has 0 saturated heterocycles. The van der Waals surface area contributed by atoms with Crippen molar-refractivity contribution in [2.24, 2.45) is 0 Å². The van der Waals surface area contributed by atoms with Crippen LogP contribution in [0, 0.1) is 5.82 Å². The molecule has 136 valence electrons. The summed E-state index contributed by atoms with van der Waals surface area (Å²) >= 11 is 3.13. The molecular formula is C17H16BrFN4O2S. The van der Waals surface area contributed by atoms with Crippen LogP contribution < -0.4 is 0 Å². The van der Waals surface area contributed by atoms with E-state index in [-0.39, 0.29) is 9.37 Å². The lowest BCUT2D eigenvalue weighted by Gasteiger charge is -2.25. The van der Waals surface area contributed by atoms with Crippen molar-refractivity contribution in [2.45, 2.75) is 17.9 Å².